The molecule has 0 fully saturated rings. The van der Waals surface area contributed by atoms with Gasteiger partial charge in [0, 0.05) is 19.4 Å². The van der Waals surface area contributed by atoms with Crippen molar-refractivity contribution in [3.63, 3.8) is 0 Å². The van der Waals surface area contributed by atoms with Crippen LogP contribution in [-0.4, -0.2) is 33.1 Å². The second-order valence-electron chi connectivity index (χ2n) is 4.13. The standard InChI is InChI=1S/C14H19NO4/c1-15-13(16)8-11(9-14(17)19-3)10-4-6-12(18-2)7-5-10/h4-7,11H,8-9H2,1-3H3,(H,15,16)/t11-/m1/s1. The number of amides is 1. The maximum atomic E-state index is 11.5. The molecular formula is C14H19NO4. The van der Waals surface area contributed by atoms with Gasteiger partial charge in [0.1, 0.15) is 5.75 Å². The van der Waals surface area contributed by atoms with Crippen LogP contribution in [-0.2, 0) is 14.3 Å². The van der Waals surface area contributed by atoms with Gasteiger partial charge in [-0.05, 0) is 17.7 Å². The Morgan fingerprint density at radius 2 is 1.79 bits per heavy atom. The van der Waals surface area contributed by atoms with Crippen molar-refractivity contribution in [2.24, 2.45) is 0 Å². The Bertz CT molecular complexity index is 410. The maximum Gasteiger partial charge on any atom is 0.306 e. The summed E-state index contributed by atoms with van der Waals surface area (Å²) < 4.78 is 9.75. The summed E-state index contributed by atoms with van der Waals surface area (Å²) in [5.74, 6) is 0.105. The number of nitrogens with one attached hydrogen (secondary N) is 1. The van der Waals surface area contributed by atoms with Gasteiger partial charge >= 0.3 is 5.97 Å². The average Bonchev–Trinajstić information content (AvgIpc) is 2.46. The van der Waals surface area contributed by atoms with Crippen LogP contribution >= 0.6 is 0 Å². The van der Waals surface area contributed by atoms with Crippen LogP contribution in [0.4, 0.5) is 0 Å². The zero-order chi connectivity index (χ0) is 14.3. The summed E-state index contributed by atoms with van der Waals surface area (Å²) in [5.41, 5.74) is 0.912. The van der Waals surface area contributed by atoms with E-state index in [-0.39, 0.29) is 30.6 Å². The van der Waals surface area contributed by atoms with Crippen molar-refractivity contribution in [2.45, 2.75) is 18.8 Å². The molecule has 19 heavy (non-hydrogen) atoms. The van der Waals surface area contributed by atoms with Gasteiger partial charge in [0.25, 0.3) is 0 Å². The molecule has 0 unspecified atom stereocenters. The molecule has 1 atom stereocenters. The molecule has 0 aromatic heterocycles. The first-order valence-electron chi connectivity index (χ1n) is 6.02. The zero-order valence-corrected chi connectivity index (χ0v) is 11.4. The average molecular weight is 265 g/mol. The third kappa shape index (κ3) is 4.62. The van der Waals surface area contributed by atoms with E-state index in [0.717, 1.165) is 11.3 Å². The highest BCUT2D eigenvalue weighted by Gasteiger charge is 2.19. The summed E-state index contributed by atoms with van der Waals surface area (Å²) in [6, 6.07) is 7.33. The van der Waals surface area contributed by atoms with Gasteiger partial charge in [0.15, 0.2) is 0 Å². The number of ether oxygens (including phenoxy) is 2. The fourth-order valence-electron chi connectivity index (χ4n) is 1.79. The van der Waals surface area contributed by atoms with Crippen molar-refractivity contribution in [1.29, 1.82) is 0 Å². The van der Waals surface area contributed by atoms with Crippen LogP contribution in [0.1, 0.15) is 24.3 Å². The molecule has 0 saturated carbocycles. The van der Waals surface area contributed by atoms with Crippen molar-refractivity contribution in [3.8, 4) is 5.75 Å². The number of carbonyl (C=O) groups is 2. The number of hydrogen-bond acceptors (Lipinski definition) is 4. The fourth-order valence-corrected chi connectivity index (χ4v) is 1.79. The molecule has 0 saturated heterocycles. The monoisotopic (exact) mass is 265 g/mol. The van der Waals surface area contributed by atoms with Crippen molar-refractivity contribution in [3.05, 3.63) is 29.8 Å². The van der Waals surface area contributed by atoms with E-state index in [4.69, 9.17) is 4.74 Å². The van der Waals surface area contributed by atoms with Crippen LogP contribution in [0.15, 0.2) is 24.3 Å². The molecule has 0 aliphatic carbocycles. The molecule has 0 radical (unpaired) electrons. The Hall–Kier alpha value is -2.04. The number of hydrogen-bond donors (Lipinski definition) is 1. The first-order chi connectivity index (χ1) is 9.10. The Morgan fingerprint density at radius 3 is 2.26 bits per heavy atom. The smallest absolute Gasteiger partial charge is 0.306 e. The Labute approximate surface area is 112 Å². The molecule has 1 amide bonds. The van der Waals surface area contributed by atoms with E-state index < -0.39 is 0 Å². The molecular weight excluding hydrogens is 246 g/mol. The summed E-state index contributed by atoms with van der Waals surface area (Å²) in [7, 11) is 4.50. The molecule has 1 rings (SSSR count). The van der Waals surface area contributed by atoms with Crippen molar-refractivity contribution < 1.29 is 19.1 Å². The van der Waals surface area contributed by atoms with Crippen molar-refractivity contribution >= 4 is 11.9 Å². The van der Waals surface area contributed by atoms with Crippen LogP contribution in [0.3, 0.4) is 0 Å². The van der Waals surface area contributed by atoms with Crippen LogP contribution in [0.5, 0.6) is 5.75 Å². The minimum atomic E-state index is -0.329. The van der Waals surface area contributed by atoms with Gasteiger partial charge in [0.05, 0.1) is 20.6 Å². The lowest BCUT2D eigenvalue weighted by atomic mass is 9.92. The number of benzene rings is 1. The van der Waals surface area contributed by atoms with Gasteiger partial charge in [0.2, 0.25) is 5.91 Å². The third-order valence-electron chi connectivity index (χ3n) is 2.94. The van der Waals surface area contributed by atoms with E-state index in [1.165, 1.54) is 7.11 Å². The maximum absolute atomic E-state index is 11.5. The highest BCUT2D eigenvalue weighted by atomic mass is 16.5. The molecule has 5 nitrogen and oxygen atoms in total. The summed E-state index contributed by atoms with van der Waals surface area (Å²) in [6.07, 6.45) is 0.425. The zero-order valence-electron chi connectivity index (χ0n) is 11.4. The second-order valence-corrected chi connectivity index (χ2v) is 4.13. The molecule has 1 N–H and O–H groups in total. The van der Waals surface area contributed by atoms with E-state index in [0.29, 0.717) is 0 Å². The highest BCUT2D eigenvalue weighted by Crippen LogP contribution is 2.25. The molecule has 0 aliphatic heterocycles. The van der Waals surface area contributed by atoms with Crippen LogP contribution in [0.25, 0.3) is 0 Å². The number of rotatable bonds is 6. The van der Waals surface area contributed by atoms with Gasteiger partial charge in [-0.3, -0.25) is 9.59 Å². The molecule has 1 aromatic carbocycles. The van der Waals surface area contributed by atoms with Gasteiger partial charge in [-0.25, -0.2) is 0 Å². The normalized spacial score (nSPS) is 11.5. The Morgan fingerprint density at radius 1 is 1.16 bits per heavy atom. The lowest BCUT2D eigenvalue weighted by Gasteiger charge is -2.15. The molecule has 0 aliphatic rings. The summed E-state index contributed by atoms with van der Waals surface area (Å²) in [4.78, 5) is 22.9. The number of carbonyl (C=O) groups excluding carboxylic acids is 2. The second kappa shape index (κ2) is 7.41. The number of methoxy groups -OCH3 is 2. The molecule has 5 heteroatoms. The van der Waals surface area contributed by atoms with E-state index in [1.807, 2.05) is 24.3 Å². The van der Waals surface area contributed by atoms with Crippen LogP contribution in [0, 0.1) is 0 Å². The van der Waals surface area contributed by atoms with E-state index in [9.17, 15) is 9.59 Å². The van der Waals surface area contributed by atoms with E-state index in [2.05, 4.69) is 10.1 Å². The molecule has 1 aromatic rings. The van der Waals surface area contributed by atoms with Gasteiger partial charge < -0.3 is 14.8 Å². The van der Waals surface area contributed by atoms with Crippen LogP contribution in [0.2, 0.25) is 0 Å². The Kier molecular flexibility index (Phi) is 5.85. The van der Waals surface area contributed by atoms with Gasteiger partial charge in [-0.2, -0.15) is 0 Å². The topological polar surface area (TPSA) is 64.6 Å². The summed E-state index contributed by atoms with van der Waals surface area (Å²) in [6.45, 7) is 0. The van der Waals surface area contributed by atoms with Crippen molar-refractivity contribution in [2.75, 3.05) is 21.3 Å². The minimum Gasteiger partial charge on any atom is -0.497 e. The van der Waals surface area contributed by atoms with Gasteiger partial charge in [-0.15, -0.1) is 0 Å². The van der Waals surface area contributed by atoms with E-state index in [1.54, 1.807) is 14.2 Å². The lowest BCUT2D eigenvalue weighted by molar-refractivity contribution is -0.141. The first-order valence-corrected chi connectivity index (χ1v) is 6.02. The minimum absolute atomic E-state index is 0.107. The molecule has 0 spiro atoms. The van der Waals surface area contributed by atoms with Gasteiger partial charge in [-0.1, -0.05) is 12.1 Å². The van der Waals surface area contributed by atoms with Crippen LogP contribution < -0.4 is 10.1 Å². The quantitative estimate of drug-likeness (QED) is 0.791. The lowest BCUT2D eigenvalue weighted by Crippen LogP contribution is -2.22. The largest absolute Gasteiger partial charge is 0.497 e. The molecule has 0 heterocycles. The van der Waals surface area contributed by atoms with Crippen molar-refractivity contribution in [1.82, 2.24) is 5.32 Å². The number of esters is 1. The molecule has 0 bridgehead atoms. The fraction of sp³-hybridized carbons (Fsp3) is 0.429. The first kappa shape index (κ1) is 15.0. The SMILES string of the molecule is CNC(=O)C[C@H](CC(=O)OC)c1ccc(OC)cc1. The molecule has 104 valence electrons. The predicted molar refractivity (Wildman–Crippen MR) is 71.1 cm³/mol. The summed E-state index contributed by atoms with van der Waals surface area (Å²) in [5, 5.41) is 2.56. The third-order valence-corrected chi connectivity index (χ3v) is 2.94. The summed E-state index contributed by atoms with van der Waals surface area (Å²) >= 11 is 0. The predicted octanol–water partition coefficient (Wildman–Crippen LogP) is 1.48. The van der Waals surface area contributed by atoms with E-state index >= 15 is 0 Å². The highest BCUT2D eigenvalue weighted by molar-refractivity contribution is 5.78. The Balaban J connectivity index is 2.86.